The molecule has 6 rings (SSSR count). The van der Waals surface area contributed by atoms with Gasteiger partial charge in [0.25, 0.3) is 0 Å². The number of phenolic OH excluding ortho intramolecular Hbond substituents is 1. The summed E-state index contributed by atoms with van der Waals surface area (Å²) in [5.41, 5.74) is -0.0534. The highest BCUT2D eigenvalue weighted by Gasteiger charge is 2.71. The van der Waals surface area contributed by atoms with Crippen LogP contribution in [-0.2, 0) is 35.7 Å². The van der Waals surface area contributed by atoms with Crippen LogP contribution >= 0.6 is 0 Å². The first kappa shape index (κ1) is 26.3. The number of carboxylic acids is 1. The van der Waals surface area contributed by atoms with E-state index >= 15 is 0 Å². The molecule has 0 amide bonds. The van der Waals surface area contributed by atoms with Crippen molar-refractivity contribution in [3.05, 3.63) is 71.0 Å². The summed E-state index contributed by atoms with van der Waals surface area (Å²) >= 11 is 0. The molecule has 2 bridgehead atoms. The fourth-order valence-electron chi connectivity index (χ4n) is 7.14. The molecule has 2 heterocycles. The second kappa shape index (κ2) is 9.64. The highest BCUT2D eigenvalue weighted by atomic mass is 16.6. The molecular formula is C30H31NO9. The predicted octanol–water partition coefficient (Wildman–Crippen LogP) is 2.75. The van der Waals surface area contributed by atoms with Crippen molar-refractivity contribution in [1.29, 1.82) is 0 Å². The Morgan fingerprint density at radius 3 is 2.67 bits per heavy atom. The second-order valence-electron chi connectivity index (χ2n) is 11.1. The van der Waals surface area contributed by atoms with E-state index in [0.29, 0.717) is 24.2 Å². The summed E-state index contributed by atoms with van der Waals surface area (Å²) in [4.78, 5) is 39.2. The number of aliphatic carboxylic acids is 1. The van der Waals surface area contributed by atoms with Gasteiger partial charge < -0.3 is 34.4 Å². The minimum atomic E-state index is -1.44. The van der Waals surface area contributed by atoms with Crippen LogP contribution in [0.1, 0.15) is 54.9 Å². The minimum Gasteiger partial charge on any atom is -0.504 e. The third kappa shape index (κ3) is 3.88. The summed E-state index contributed by atoms with van der Waals surface area (Å²) in [5.74, 6) is -2.43. The van der Waals surface area contributed by atoms with Crippen LogP contribution in [-0.4, -0.2) is 69.5 Å². The number of carboxylic acid groups (broad SMARTS) is 1. The minimum absolute atomic E-state index is 0.0406. The van der Waals surface area contributed by atoms with Gasteiger partial charge in [-0.15, -0.1) is 0 Å². The van der Waals surface area contributed by atoms with Crippen LogP contribution in [0.2, 0.25) is 0 Å². The van der Waals surface area contributed by atoms with Crippen molar-refractivity contribution >= 4 is 17.9 Å². The summed E-state index contributed by atoms with van der Waals surface area (Å²) in [6.45, 7) is 0.772. The molecule has 4 aliphatic rings. The first-order chi connectivity index (χ1) is 19.2. The topological polar surface area (TPSA) is 143 Å². The van der Waals surface area contributed by atoms with Gasteiger partial charge >= 0.3 is 17.9 Å². The van der Waals surface area contributed by atoms with Crippen molar-refractivity contribution in [2.75, 3.05) is 13.6 Å². The molecule has 10 nitrogen and oxygen atoms in total. The molecule has 1 fully saturated rings. The third-order valence-electron chi connectivity index (χ3n) is 8.90. The molecule has 2 aliphatic heterocycles. The lowest BCUT2D eigenvalue weighted by Gasteiger charge is -2.56. The number of phenols is 1. The molecule has 0 aromatic heterocycles. The SMILES string of the molecule is CN1CCC[C@]23c4c5ccc(O)c4O[C@H]2C(OC(=O)[C@@H](OC(=O)CCC(=O)O)c2ccccc2)=CC[C@@]3(O)[C@H]1C5. The zero-order valence-corrected chi connectivity index (χ0v) is 22.0. The average Bonchev–Trinajstić information content (AvgIpc) is 3.28. The van der Waals surface area contributed by atoms with Gasteiger partial charge in [0.15, 0.2) is 17.6 Å². The molecule has 2 aromatic rings. The van der Waals surface area contributed by atoms with Gasteiger partial charge in [-0.25, -0.2) is 4.79 Å². The molecule has 1 spiro atoms. The number of aliphatic hydroxyl groups is 1. The number of hydrogen-bond donors (Lipinski definition) is 3. The zero-order valence-electron chi connectivity index (χ0n) is 22.0. The maximum Gasteiger partial charge on any atom is 0.357 e. The van der Waals surface area contributed by atoms with Crippen LogP contribution in [0.5, 0.6) is 11.5 Å². The van der Waals surface area contributed by atoms with E-state index in [0.717, 1.165) is 24.1 Å². The van der Waals surface area contributed by atoms with E-state index in [1.54, 1.807) is 42.5 Å². The lowest BCUT2D eigenvalue weighted by molar-refractivity contribution is -0.170. The van der Waals surface area contributed by atoms with Crippen molar-refractivity contribution < 1.29 is 43.9 Å². The molecule has 2 aromatic carbocycles. The Hall–Kier alpha value is -3.89. The number of likely N-dealkylation sites (N-methyl/N-ethyl adjacent to an activating group) is 1. The number of ether oxygens (including phenoxy) is 3. The Labute approximate surface area is 230 Å². The van der Waals surface area contributed by atoms with Crippen molar-refractivity contribution in [3.63, 3.8) is 0 Å². The van der Waals surface area contributed by atoms with Gasteiger partial charge in [0, 0.05) is 23.6 Å². The van der Waals surface area contributed by atoms with Crippen LogP contribution < -0.4 is 4.74 Å². The molecule has 210 valence electrons. The number of carbonyl (C=O) groups is 3. The smallest absolute Gasteiger partial charge is 0.357 e. The molecule has 5 atom stereocenters. The monoisotopic (exact) mass is 549 g/mol. The van der Waals surface area contributed by atoms with Gasteiger partial charge in [-0.2, -0.15) is 0 Å². The Balaban J connectivity index is 1.36. The van der Waals surface area contributed by atoms with E-state index in [2.05, 4.69) is 4.90 Å². The standard InChI is InChI=1S/C30H31NO9/c1-31-15-5-13-29-24-18-8-9-19(32)26(24)40-27(29)20(12-14-30(29,37)21(31)16-18)38-28(36)25(17-6-3-2-4-7-17)39-23(35)11-10-22(33)34/h2-4,6-9,12,21,25,27,32,37H,5,10-11,13-16H2,1H3,(H,33,34)/t21-,25+,27+,29+,30-/m1/s1. The summed E-state index contributed by atoms with van der Waals surface area (Å²) in [6.07, 6.45) is 0.624. The van der Waals surface area contributed by atoms with Gasteiger partial charge in [0.05, 0.1) is 23.9 Å². The van der Waals surface area contributed by atoms with Gasteiger partial charge in [-0.05, 0) is 50.6 Å². The van der Waals surface area contributed by atoms with E-state index in [1.165, 1.54) is 0 Å². The Morgan fingerprint density at radius 1 is 1.15 bits per heavy atom. The van der Waals surface area contributed by atoms with Crippen molar-refractivity contribution in [1.82, 2.24) is 4.90 Å². The molecule has 0 saturated carbocycles. The number of esters is 2. The number of aromatic hydroxyl groups is 1. The quantitative estimate of drug-likeness (QED) is 0.441. The van der Waals surface area contributed by atoms with Crippen molar-refractivity contribution in [2.24, 2.45) is 0 Å². The van der Waals surface area contributed by atoms with Gasteiger partial charge in [-0.3, -0.25) is 9.59 Å². The van der Waals surface area contributed by atoms with E-state index in [-0.39, 0.29) is 24.0 Å². The van der Waals surface area contributed by atoms with E-state index in [9.17, 15) is 24.6 Å². The number of carbonyl (C=O) groups excluding carboxylic acids is 2. The summed E-state index contributed by atoms with van der Waals surface area (Å²) < 4.78 is 17.7. The normalized spacial score (nSPS) is 28.8. The number of rotatable bonds is 7. The van der Waals surface area contributed by atoms with Crippen LogP contribution in [0.4, 0.5) is 0 Å². The fraction of sp³-hybridized carbons (Fsp3) is 0.433. The van der Waals surface area contributed by atoms with Gasteiger partial charge in [-0.1, -0.05) is 36.4 Å². The zero-order chi connectivity index (χ0) is 28.2. The van der Waals surface area contributed by atoms with Crippen LogP contribution in [0.3, 0.4) is 0 Å². The largest absolute Gasteiger partial charge is 0.504 e. The molecule has 2 aliphatic carbocycles. The Bertz CT molecular complexity index is 1410. The Kier molecular flexibility index (Phi) is 6.35. The highest BCUT2D eigenvalue weighted by Crippen LogP contribution is 2.65. The van der Waals surface area contributed by atoms with Crippen LogP contribution in [0.25, 0.3) is 0 Å². The first-order valence-electron chi connectivity index (χ1n) is 13.5. The van der Waals surface area contributed by atoms with E-state index in [4.69, 9.17) is 19.3 Å². The molecule has 10 heteroatoms. The van der Waals surface area contributed by atoms with E-state index < -0.39 is 54.0 Å². The molecule has 1 saturated heterocycles. The third-order valence-corrected chi connectivity index (χ3v) is 8.90. The maximum atomic E-state index is 13.6. The van der Waals surface area contributed by atoms with Gasteiger partial charge in [0.2, 0.25) is 6.10 Å². The second-order valence-corrected chi connectivity index (χ2v) is 11.1. The predicted molar refractivity (Wildman–Crippen MR) is 139 cm³/mol. The molecular weight excluding hydrogens is 518 g/mol. The molecule has 40 heavy (non-hydrogen) atoms. The molecule has 3 N–H and O–H groups in total. The fourth-order valence-corrected chi connectivity index (χ4v) is 7.14. The number of nitrogens with zero attached hydrogens (tertiary/aromatic N) is 1. The molecule has 0 radical (unpaired) electrons. The number of benzene rings is 2. The van der Waals surface area contributed by atoms with Crippen LogP contribution in [0.15, 0.2) is 54.3 Å². The molecule has 0 unspecified atom stereocenters. The van der Waals surface area contributed by atoms with Gasteiger partial charge in [0.1, 0.15) is 5.76 Å². The first-order valence-corrected chi connectivity index (χ1v) is 13.5. The van der Waals surface area contributed by atoms with E-state index in [1.807, 2.05) is 13.1 Å². The summed E-state index contributed by atoms with van der Waals surface area (Å²) in [5, 5.41) is 32.1. The lowest BCUT2D eigenvalue weighted by atomic mass is 9.52. The van der Waals surface area contributed by atoms with Crippen LogP contribution in [0, 0.1) is 0 Å². The highest BCUT2D eigenvalue weighted by molar-refractivity contribution is 5.83. The number of likely N-dealkylation sites (tertiary alicyclic amines) is 1. The summed E-state index contributed by atoms with van der Waals surface area (Å²) in [7, 11) is 2.00. The Morgan fingerprint density at radius 2 is 1.93 bits per heavy atom. The number of hydrogen-bond acceptors (Lipinski definition) is 9. The van der Waals surface area contributed by atoms with Crippen molar-refractivity contribution in [2.45, 2.75) is 67.8 Å². The summed E-state index contributed by atoms with van der Waals surface area (Å²) in [6, 6.07) is 11.6. The van der Waals surface area contributed by atoms with Crippen molar-refractivity contribution in [3.8, 4) is 11.5 Å². The lowest BCUT2D eigenvalue weighted by Crippen LogP contribution is -2.69. The average molecular weight is 550 g/mol. The maximum absolute atomic E-state index is 13.6.